The Kier molecular flexibility index (Phi) is 3.15. The van der Waals surface area contributed by atoms with Crippen molar-refractivity contribution in [2.75, 3.05) is 6.54 Å². The molecule has 0 saturated heterocycles. The van der Waals surface area contributed by atoms with Gasteiger partial charge in [-0.3, -0.25) is 0 Å². The molecule has 0 fully saturated rings. The topological polar surface area (TPSA) is 54.7 Å². The normalized spacial score (nSPS) is 11.5. The largest absolute Gasteiger partial charge is 0.342 e. The Balaban J connectivity index is 2.05. The van der Waals surface area contributed by atoms with Crippen molar-refractivity contribution < 1.29 is 0 Å². The highest BCUT2D eigenvalue weighted by molar-refractivity contribution is 5.74. The first-order valence-electron chi connectivity index (χ1n) is 5.19. The van der Waals surface area contributed by atoms with Crippen LogP contribution in [0.4, 0.5) is 0 Å². The first-order valence-corrected chi connectivity index (χ1v) is 5.19. The van der Waals surface area contributed by atoms with Crippen LogP contribution in [-0.2, 0) is 6.42 Å². The summed E-state index contributed by atoms with van der Waals surface area (Å²) in [4.78, 5) is 7.79. The van der Waals surface area contributed by atoms with Crippen molar-refractivity contribution in [2.24, 2.45) is 5.73 Å². The second-order valence-corrected chi connectivity index (χ2v) is 3.45. The highest BCUT2D eigenvalue weighted by Crippen LogP contribution is 2.11. The number of benzene rings is 1. The molecule has 2 aromatic rings. The Morgan fingerprint density at radius 3 is 2.93 bits per heavy atom. The third-order valence-electron chi connectivity index (χ3n) is 2.29. The lowest BCUT2D eigenvalue weighted by Gasteiger charge is -1.89. The van der Waals surface area contributed by atoms with Crippen LogP contribution in [-0.4, -0.2) is 16.5 Å². The van der Waals surface area contributed by atoms with Gasteiger partial charge in [-0.2, -0.15) is 0 Å². The molecule has 1 aromatic carbocycles. The van der Waals surface area contributed by atoms with Gasteiger partial charge in [-0.25, -0.2) is 4.98 Å². The number of fused-ring (bicyclic) bond motifs is 1. The Morgan fingerprint density at radius 2 is 2.13 bits per heavy atom. The van der Waals surface area contributed by atoms with E-state index in [1.807, 2.05) is 30.3 Å². The smallest absolute Gasteiger partial charge is 0.107 e. The van der Waals surface area contributed by atoms with E-state index in [1.54, 1.807) is 0 Å². The summed E-state index contributed by atoms with van der Waals surface area (Å²) in [5.41, 5.74) is 7.50. The standard InChI is InChI=1S/C12H15N3/c13-9-5-1-2-8-12-14-10-6-3-4-7-11(10)15-12/h1,3-7H,2,8-9,13H2,(H,14,15)/b5-1+. The number of nitrogens with zero attached hydrogens (tertiary/aromatic N) is 1. The van der Waals surface area contributed by atoms with Gasteiger partial charge in [-0.1, -0.05) is 24.3 Å². The van der Waals surface area contributed by atoms with E-state index in [1.165, 1.54) is 0 Å². The summed E-state index contributed by atoms with van der Waals surface area (Å²) < 4.78 is 0. The zero-order chi connectivity index (χ0) is 10.5. The summed E-state index contributed by atoms with van der Waals surface area (Å²) >= 11 is 0. The predicted molar refractivity (Wildman–Crippen MR) is 62.6 cm³/mol. The molecule has 0 aliphatic carbocycles. The number of aryl methyl sites for hydroxylation is 1. The van der Waals surface area contributed by atoms with Crippen LogP contribution in [0, 0.1) is 0 Å². The van der Waals surface area contributed by atoms with Gasteiger partial charge in [0, 0.05) is 13.0 Å². The molecular formula is C12H15N3. The molecule has 2 rings (SSSR count). The van der Waals surface area contributed by atoms with Gasteiger partial charge in [0.05, 0.1) is 11.0 Å². The van der Waals surface area contributed by atoms with Crippen molar-refractivity contribution in [3.63, 3.8) is 0 Å². The van der Waals surface area contributed by atoms with Gasteiger partial charge in [0.2, 0.25) is 0 Å². The fourth-order valence-electron chi connectivity index (χ4n) is 1.56. The molecule has 0 bridgehead atoms. The number of hydrogen-bond donors (Lipinski definition) is 2. The number of imidazole rings is 1. The summed E-state index contributed by atoms with van der Waals surface area (Å²) in [6.45, 7) is 0.611. The van der Waals surface area contributed by atoms with E-state index >= 15 is 0 Å². The monoisotopic (exact) mass is 201 g/mol. The third-order valence-corrected chi connectivity index (χ3v) is 2.29. The SMILES string of the molecule is NC/C=C/CCc1nc2ccccc2[nH]1. The second-order valence-electron chi connectivity index (χ2n) is 3.45. The Labute approximate surface area is 89.0 Å². The molecule has 3 N–H and O–H groups in total. The van der Waals surface area contributed by atoms with E-state index < -0.39 is 0 Å². The van der Waals surface area contributed by atoms with Crippen LogP contribution < -0.4 is 5.73 Å². The zero-order valence-electron chi connectivity index (χ0n) is 8.61. The molecule has 0 aliphatic rings. The van der Waals surface area contributed by atoms with Gasteiger partial charge >= 0.3 is 0 Å². The van der Waals surface area contributed by atoms with Crippen molar-refractivity contribution in [3.8, 4) is 0 Å². The predicted octanol–water partition coefficient (Wildman–Crippen LogP) is 2.01. The minimum atomic E-state index is 0.611. The van der Waals surface area contributed by atoms with Crippen LogP contribution in [0.2, 0.25) is 0 Å². The highest BCUT2D eigenvalue weighted by Gasteiger charge is 1.99. The number of aromatic nitrogens is 2. The maximum absolute atomic E-state index is 5.36. The second kappa shape index (κ2) is 4.75. The van der Waals surface area contributed by atoms with E-state index in [-0.39, 0.29) is 0 Å². The van der Waals surface area contributed by atoms with Crippen LogP contribution in [0.25, 0.3) is 11.0 Å². The Hall–Kier alpha value is -1.61. The average Bonchev–Trinajstić information content (AvgIpc) is 2.67. The van der Waals surface area contributed by atoms with E-state index in [0.717, 1.165) is 29.7 Å². The lowest BCUT2D eigenvalue weighted by atomic mass is 10.3. The minimum absolute atomic E-state index is 0.611. The van der Waals surface area contributed by atoms with Crippen LogP contribution >= 0.6 is 0 Å². The number of aromatic amines is 1. The van der Waals surface area contributed by atoms with Gasteiger partial charge in [0.25, 0.3) is 0 Å². The van der Waals surface area contributed by atoms with Crippen molar-refractivity contribution in [2.45, 2.75) is 12.8 Å². The van der Waals surface area contributed by atoms with Crippen LogP contribution in [0.15, 0.2) is 36.4 Å². The highest BCUT2D eigenvalue weighted by atomic mass is 14.9. The molecule has 1 aromatic heterocycles. The molecule has 0 saturated carbocycles. The van der Waals surface area contributed by atoms with E-state index in [4.69, 9.17) is 5.73 Å². The van der Waals surface area contributed by atoms with E-state index in [0.29, 0.717) is 6.54 Å². The molecule has 78 valence electrons. The third kappa shape index (κ3) is 2.44. The average molecular weight is 201 g/mol. The quantitative estimate of drug-likeness (QED) is 0.743. The van der Waals surface area contributed by atoms with Crippen molar-refractivity contribution in [3.05, 3.63) is 42.2 Å². The summed E-state index contributed by atoms with van der Waals surface area (Å²) in [6, 6.07) is 8.08. The molecule has 3 heteroatoms. The number of hydrogen-bond acceptors (Lipinski definition) is 2. The van der Waals surface area contributed by atoms with Crippen molar-refractivity contribution in [1.29, 1.82) is 0 Å². The van der Waals surface area contributed by atoms with Gasteiger partial charge in [0.1, 0.15) is 5.82 Å². The number of H-pyrrole nitrogens is 1. The lowest BCUT2D eigenvalue weighted by Crippen LogP contribution is -1.92. The van der Waals surface area contributed by atoms with Crippen molar-refractivity contribution in [1.82, 2.24) is 9.97 Å². The molecule has 3 nitrogen and oxygen atoms in total. The molecule has 0 radical (unpaired) electrons. The van der Waals surface area contributed by atoms with Crippen LogP contribution in [0.5, 0.6) is 0 Å². The van der Waals surface area contributed by atoms with Gasteiger partial charge in [-0.05, 0) is 18.6 Å². The van der Waals surface area contributed by atoms with E-state index in [9.17, 15) is 0 Å². The zero-order valence-corrected chi connectivity index (χ0v) is 8.61. The summed E-state index contributed by atoms with van der Waals surface area (Å²) in [5, 5.41) is 0. The summed E-state index contributed by atoms with van der Waals surface area (Å²) in [7, 11) is 0. The Bertz CT molecular complexity index is 424. The molecule has 0 unspecified atom stereocenters. The van der Waals surface area contributed by atoms with Gasteiger partial charge in [-0.15, -0.1) is 0 Å². The van der Waals surface area contributed by atoms with E-state index in [2.05, 4.69) is 16.0 Å². The van der Waals surface area contributed by atoms with Crippen molar-refractivity contribution >= 4 is 11.0 Å². The number of nitrogens with two attached hydrogens (primary N) is 1. The van der Waals surface area contributed by atoms with Crippen LogP contribution in [0.1, 0.15) is 12.2 Å². The molecular weight excluding hydrogens is 186 g/mol. The first-order chi connectivity index (χ1) is 7.40. The summed E-state index contributed by atoms with van der Waals surface area (Å²) in [6.07, 6.45) is 5.98. The fraction of sp³-hybridized carbons (Fsp3) is 0.250. The molecule has 0 amide bonds. The molecule has 15 heavy (non-hydrogen) atoms. The summed E-state index contributed by atoms with van der Waals surface area (Å²) in [5.74, 6) is 1.04. The maximum atomic E-state index is 5.36. The number of allylic oxidation sites excluding steroid dienone is 1. The molecule has 0 spiro atoms. The molecule has 1 heterocycles. The molecule has 0 aliphatic heterocycles. The lowest BCUT2D eigenvalue weighted by molar-refractivity contribution is 0.914. The fourth-order valence-corrected chi connectivity index (χ4v) is 1.56. The first kappa shape index (κ1) is 9.93. The Morgan fingerprint density at radius 1 is 1.27 bits per heavy atom. The molecule has 0 atom stereocenters. The van der Waals surface area contributed by atoms with Crippen LogP contribution in [0.3, 0.4) is 0 Å². The van der Waals surface area contributed by atoms with Gasteiger partial charge in [0.15, 0.2) is 0 Å². The van der Waals surface area contributed by atoms with Gasteiger partial charge < -0.3 is 10.7 Å². The number of para-hydroxylation sites is 2. The number of rotatable bonds is 4. The minimum Gasteiger partial charge on any atom is -0.342 e. The maximum Gasteiger partial charge on any atom is 0.107 e. The number of nitrogens with one attached hydrogen (secondary N) is 1.